The Labute approximate surface area is 123 Å². The van der Waals surface area contributed by atoms with Crippen molar-refractivity contribution in [3.05, 3.63) is 24.0 Å². The fourth-order valence-corrected chi connectivity index (χ4v) is 3.96. The van der Waals surface area contributed by atoms with Gasteiger partial charge >= 0.3 is 0 Å². The third-order valence-corrected chi connectivity index (χ3v) is 5.35. The number of carbonyl (C=O) groups excluding carboxylic acids is 1. The molecule has 21 heavy (non-hydrogen) atoms. The number of aromatic nitrogens is 1. The van der Waals surface area contributed by atoms with Crippen LogP contribution in [0.15, 0.2) is 23.2 Å². The summed E-state index contributed by atoms with van der Waals surface area (Å²) in [5.41, 5.74) is 0.149. The van der Waals surface area contributed by atoms with E-state index >= 15 is 0 Å². The highest BCUT2D eigenvalue weighted by atomic mass is 32.2. The first-order valence-corrected chi connectivity index (χ1v) is 8.04. The van der Waals surface area contributed by atoms with Crippen LogP contribution in [0.3, 0.4) is 0 Å². The van der Waals surface area contributed by atoms with Crippen LogP contribution >= 0.6 is 0 Å². The molecule has 1 aliphatic heterocycles. The van der Waals surface area contributed by atoms with Crippen molar-refractivity contribution in [2.24, 2.45) is 0 Å². The lowest BCUT2D eigenvalue weighted by molar-refractivity contribution is -0.125. The van der Waals surface area contributed by atoms with Gasteiger partial charge < -0.3 is 5.32 Å². The van der Waals surface area contributed by atoms with Crippen molar-refractivity contribution in [3.8, 4) is 6.07 Å². The predicted molar refractivity (Wildman–Crippen MR) is 74.5 cm³/mol. The van der Waals surface area contributed by atoms with Crippen LogP contribution in [0.4, 0.5) is 0 Å². The molecule has 2 heterocycles. The topological polar surface area (TPSA) is 103 Å². The van der Waals surface area contributed by atoms with Gasteiger partial charge in [-0.05, 0) is 25.0 Å². The molecule has 1 saturated heterocycles. The zero-order valence-electron chi connectivity index (χ0n) is 11.6. The molecule has 0 radical (unpaired) electrons. The number of nitrogens with zero attached hydrogens (tertiary/aromatic N) is 3. The van der Waals surface area contributed by atoms with E-state index in [1.807, 2.05) is 6.07 Å². The van der Waals surface area contributed by atoms with E-state index in [1.165, 1.54) is 23.5 Å². The number of amides is 1. The second-order valence-corrected chi connectivity index (χ2v) is 6.62. The van der Waals surface area contributed by atoms with E-state index in [0.29, 0.717) is 13.0 Å². The number of nitrogens with one attached hydrogen (secondary N) is 1. The summed E-state index contributed by atoms with van der Waals surface area (Å²) in [6.07, 6.45) is 3.19. The Morgan fingerprint density at radius 2 is 2.24 bits per heavy atom. The second kappa shape index (κ2) is 6.20. The quantitative estimate of drug-likeness (QED) is 0.861. The van der Waals surface area contributed by atoms with E-state index in [1.54, 1.807) is 0 Å². The summed E-state index contributed by atoms with van der Waals surface area (Å²) in [4.78, 5) is 15.7. The monoisotopic (exact) mass is 308 g/mol. The molecule has 1 N–H and O–H groups in total. The van der Waals surface area contributed by atoms with Crippen molar-refractivity contribution in [2.45, 2.75) is 30.2 Å². The Hall–Kier alpha value is -1.98. The Bertz CT molecular complexity index is 664. The van der Waals surface area contributed by atoms with Crippen LogP contribution in [-0.2, 0) is 14.8 Å². The van der Waals surface area contributed by atoms with Crippen molar-refractivity contribution in [2.75, 3.05) is 13.6 Å². The number of hydrogen-bond donors (Lipinski definition) is 1. The van der Waals surface area contributed by atoms with E-state index in [-0.39, 0.29) is 16.5 Å². The minimum Gasteiger partial charge on any atom is -0.358 e. The van der Waals surface area contributed by atoms with Crippen LogP contribution in [0, 0.1) is 11.3 Å². The Morgan fingerprint density at radius 1 is 1.48 bits per heavy atom. The zero-order chi connectivity index (χ0) is 15.5. The molecule has 2 rings (SSSR count). The van der Waals surface area contributed by atoms with Crippen LogP contribution < -0.4 is 5.32 Å². The molecule has 7 nitrogen and oxygen atoms in total. The van der Waals surface area contributed by atoms with Crippen molar-refractivity contribution >= 4 is 15.9 Å². The molecule has 0 bridgehead atoms. The highest BCUT2D eigenvalue weighted by Crippen LogP contribution is 2.25. The fraction of sp³-hybridized carbons (Fsp3) is 0.462. The van der Waals surface area contributed by atoms with Crippen LogP contribution in [-0.4, -0.2) is 43.2 Å². The number of carbonyl (C=O) groups is 1. The Balaban J connectivity index is 2.35. The minimum absolute atomic E-state index is 0.00250. The molecule has 8 heteroatoms. The van der Waals surface area contributed by atoms with Gasteiger partial charge in [-0.3, -0.25) is 4.79 Å². The molecule has 1 aliphatic rings. The maximum Gasteiger partial charge on any atom is 0.245 e. The molecule has 0 spiro atoms. The number of piperidine rings is 1. The first-order valence-electron chi connectivity index (χ1n) is 6.60. The number of pyridine rings is 1. The van der Waals surface area contributed by atoms with Crippen molar-refractivity contribution < 1.29 is 13.2 Å². The summed E-state index contributed by atoms with van der Waals surface area (Å²) in [7, 11) is -2.30. The summed E-state index contributed by atoms with van der Waals surface area (Å²) in [6, 6.07) is 3.84. The van der Waals surface area contributed by atoms with Crippen molar-refractivity contribution in [1.29, 1.82) is 5.26 Å². The molecule has 1 aromatic heterocycles. The predicted octanol–water partition coefficient (Wildman–Crippen LogP) is 0.242. The summed E-state index contributed by atoms with van der Waals surface area (Å²) in [6.45, 7) is 0.306. The molecular formula is C13H16N4O3S. The number of rotatable bonds is 3. The van der Waals surface area contributed by atoms with Crippen LogP contribution in [0.1, 0.15) is 25.0 Å². The lowest BCUT2D eigenvalue weighted by Gasteiger charge is -2.33. The maximum atomic E-state index is 12.6. The van der Waals surface area contributed by atoms with Gasteiger partial charge in [0.2, 0.25) is 15.9 Å². The zero-order valence-corrected chi connectivity index (χ0v) is 12.4. The van der Waals surface area contributed by atoms with Crippen molar-refractivity contribution in [1.82, 2.24) is 14.6 Å². The normalized spacial score (nSPS) is 19.7. The average molecular weight is 308 g/mol. The molecule has 1 atom stereocenters. The molecule has 0 aliphatic carbocycles. The SMILES string of the molecule is CNC(=O)C1CCCCN1S(=O)(=O)c1ccc(C#N)nc1. The van der Waals surface area contributed by atoms with Crippen LogP contribution in [0.5, 0.6) is 0 Å². The van der Waals surface area contributed by atoms with Crippen LogP contribution in [0.2, 0.25) is 0 Å². The fourth-order valence-electron chi connectivity index (χ4n) is 2.36. The highest BCUT2D eigenvalue weighted by molar-refractivity contribution is 7.89. The van der Waals surface area contributed by atoms with Gasteiger partial charge in [-0.1, -0.05) is 6.42 Å². The molecular weight excluding hydrogens is 292 g/mol. The molecule has 1 fully saturated rings. The minimum atomic E-state index is -3.79. The van der Waals surface area contributed by atoms with E-state index in [4.69, 9.17) is 5.26 Å². The molecule has 1 unspecified atom stereocenters. The molecule has 1 amide bonds. The van der Waals surface area contributed by atoms with Gasteiger partial charge in [0.15, 0.2) is 0 Å². The maximum absolute atomic E-state index is 12.6. The highest BCUT2D eigenvalue weighted by Gasteiger charge is 2.37. The van der Waals surface area contributed by atoms with E-state index in [9.17, 15) is 13.2 Å². The molecule has 1 aromatic rings. The lowest BCUT2D eigenvalue weighted by atomic mass is 10.0. The largest absolute Gasteiger partial charge is 0.358 e. The summed E-state index contributed by atoms with van der Waals surface area (Å²) in [5, 5.41) is 11.2. The second-order valence-electron chi connectivity index (χ2n) is 4.73. The van der Waals surface area contributed by atoms with Crippen molar-refractivity contribution in [3.63, 3.8) is 0 Å². The van der Waals surface area contributed by atoms with Gasteiger partial charge in [0.1, 0.15) is 22.7 Å². The van der Waals surface area contributed by atoms with Gasteiger partial charge in [-0.2, -0.15) is 9.57 Å². The lowest BCUT2D eigenvalue weighted by Crippen LogP contribution is -2.51. The Morgan fingerprint density at radius 3 is 2.81 bits per heavy atom. The molecule has 0 aromatic carbocycles. The third kappa shape index (κ3) is 3.04. The van der Waals surface area contributed by atoms with Gasteiger partial charge in [0.05, 0.1) is 0 Å². The first kappa shape index (κ1) is 15.4. The van der Waals surface area contributed by atoms with Gasteiger partial charge in [-0.15, -0.1) is 0 Å². The standard InChI is InChI=1S/C13H16N4O3S/c1-15-13(18)12-4-2-3-7-17(12)21(19,20)11-6-5-10(8-14)16-9-11/h5-6,9,12H,2-4,7H2,1H3,(H,15,18). The number of likely N-dealkylation sites (N-methyl/N-ethyl adjacent to an activating group) is 1. The molecule has 0 saturated carbocycles. The number of sulfonamides is 1. The summed E-state index contributed by atoms with van der Waals surface area (Å²) in [5.74, 6) is -0.306. The van der Waals surface area contributed by atoms with E-state index in [2.05, 4.69) is 10.3 Å². The first-order chi connectivity index (χ1) is 10.0. The summed E-state index contributed by atoms with van der Waals surface area (Å²) < 4.78 is 26.5. The van der Waals surface area contributed by atoms with E-state index in [0.717, 1.165) is 19.0 Å². The summed E-state index contributed by atoms with van der Waals surface area (Å²) >= 11 is 0. The van der Waals surface area contributed by atoms with Gasteiger partial charge in [0.25, 0.3) is 0 Å². The smallest absolute Gasteiger partial charge is 0.245 e. The number of nitriles is 1. The Kier molecular flexibility index (Phi) is 4.55. The van der Waals surface area contributed by atoms with Gasteiger partial charge in [-0.25, -0.2) is 13.4 Å². The molecule has 112 valence electrons. The average Bonchev–Trinajstić information content (AvgIpc) is 2.54. The van der Waals surface area contributed by atoms with Crippen LogP contribution in [0.25, 0.3) is 0 Å². The third-order valence-electron chi connectivity index (χ3n) is 3.46. The number of hydrogen-bond acceptors (Lipinski definition) is 5. The van der Waals surface area contributed by atoms with Gasteiger partial charge in [0, 0.05) is 19.8 Å². The van der Waals surface area contributed by atoms with E-state index < -0.39 is 16.1 Å².